The molecule has 1 N–H and O–H groups in total. The number of hydrogen-bond acceptors (Lipinski definition) is 8. The van der Waals surface area contributed by atoms with Crippen LogP contribution in [0, 0.1) is 12.3 Å². The summed E-state index contributed by atoms with van der Waals surface area (Å²) < 4.78 is 48.4. The van der Waals surface area contributed by atoms with Gasteiger partial charge in [0.15, 0.2) is 12.4 Å². The third-order valence-electron chi connectivity index (χ3n) is 12.4. The number of alkyl halides is 3. The topological polar surface area (TPSA) is 93.7 Å². The first kappa shape index (κ1) is 34.1. The molecular formula is C40H45F3N8O2. The van der Waals surface area contributed by atoms with Gasteiger partial charge in [-0.2, -0.15) is 23.3 Å². The van der Waals surface area contributed by atoms with E-state index in [1.807, 2.05) is 24.0 Å². The van der Waals surface area contributed by atoms with Gasteiger partial charge in [0.05, 0.1) is 17.3 Å². The van der Waals surface area contributed by atoms with Crippen molar-refractivity contribution in [3.63, 3.8) is 0 Å². The molecule has 2 aromatic heterocycles. The standard InChI is InChI=1S/C40H45F3N8O2/c1-5-31(52)49-19-38(20-49)11-13-48(14-12-38)36-28-15-27(26-8-9-26)33(32-25(4)7-10-30-29(32)17-44-47-30)35(53-23-40(41,42)43)34(28)45-37(46-36)50-21-39(22-50)16-24(3)18-51(39)6-2/h5,7,10,15,17,26H,1,3,6,8-9,11-14,16,18-23H2,2,4H3,(H,44,47). The highest BCUT2D eigenvalue weighted by Gasteiger charge is 2.52. The molecule has 2 aromatic carbocycles. The Bertz CT molecular complexity index is 2150. The molecule has 10 nitrogen and oxygen atoms in total. The van der Waals surface area contributed by atoms with Crippen molar-refractivity contribution in [1.29, 1.82) is 0 Å². The molecule has 1 saturated carbocycles. The number of fused-ring (bicyclic) bond motifs is 2. The summed E-state index contributed by atoms with van der Waals surface area (Å²) in [6.45, 7) is 16.7. The summed E-state index contributed by atoms with van der Waals surface area (Å²) in [7, 11) is 0. The lowest BCUT2D eigenvalue weighted by Crippen LogP contribution is -2.68. The predicted molar refractivity (Wildman–Crippen MR) is 199 cm³/mol. The first-order chi connectivity index (χ1) is 25.4. The van der Waals surface area contributed by atoms with Crippen molar-refractivity contribution < 1.29 is 22.7 Å². The maximum atomic E-state index is 14.1. The molecule has 2 spiro atoms. The highest BCUT2D eigenvalue weighted by molar-refractivity contribution is 6.06. The van der Waals surface area contributed by atoms with Crippen LogP contribution in [0.25, 0.3) is 32.9 Å². The Morgan fingerprint density at radius 3 is 2.51 bits per heavy atom. The lowest BCUT2D eigenvalue weighted by Gasteiger charge is -2.54. The molecule has 0 bridgehead atoms. The van der Waals surface area contributed by atoms with Crippen molar-refractivity contribution in [3.8, 4) is 16.9 Å². The number of piperidine rings is 1. The number of anilines is 2. The van der Waals surface area contributed by atoms with Gasteiger partial charge in [0.2, 0.25) is 11.9 Å². The number of H-pyrrole nitrogens is 1. The Morgan fingerprint density at radius 1 is 1.08 bits per heavy atom. The van der Waals surface area contributed by atoms with Gasteiger partial charge in [0.1, 0.15) is 11.3 Å². The first-order valence-electron chi connectivity index (χ1n) is 18.7. The van der Waals surface area contributed by atoms with E-state index in [-0.39, 0.29) is 28.5 Å². The third-order valence-corrected chi connectivity index (χ3v) is 12.4. The molecule has 278 valence electrons. The highest BCUT2D eigenvalue weighted by atomic mass is 19.4. The number of likely N-dealkylation sites (tertiary alicyclic amines) is 2. The van der Waals surface area contributed by atoms with Crippen molar-refractivity contribution in [2.24, 2.45) is 5.41 Å². The number of likely N-dealkylation sites (N-methyl/N-ethyl adjacent to an activating group) is 1. The molecule has 4 aliphatic heterocycles. The van der Waals surface area contributed by atoms with Crippen LogP contribution in [-0.2, 0) is 4.79 Å². The molecule has 13 heteroatoms. The molecule has 5 aliphatic rings. The number of nitrogens with zero attached hydrogens (tertiary/aromatic N) is 7. The molecule has 9 rings (SSSR count). The molecule has 0 radical (unpaired) electrons. The van der Waals surface area contributed by atoms with E-state index >= 15 is 0 Å². The largest absolute Gasteiger partial charge is 0.481 e. The zero-order valence-corrected chi connectivity index (χ0v) is 30.4. The van der Waals surface area contributed by atoms with E-state index in [1.165, 1.54) is 11.6 Å². The van der Waals surface area contributed by atoms with E-state index in [0.717, 1.165) is 78.6 Å². The quantitative estimate of drug-likeness (QED) is 0.158. The van der Waals surface area contributed by atoms with Gasteiger partial charge in [-0.15, -0.1) is 0 Å². The normalized spacial score (nSPS) is 21.2. The molecule has 4 aromatic rings. The van der Waals surface area contributed by atoms with Crippen LogP contribution >= 0.6 is 0 Å². The first-order valence-corrected chi connectivity index (χ1v) is 18.7. The smallest absolute Gasteiger partial charge is 0.422 e. The minimum absolute atomic E-state index is 0.0413. The summed E-state index contributed by atoms with van der Waals surface area (Å²) >= 11 is 0. The second-order valence-electron chi connectivity index (χ2n) is 16.1. The minimum Gasteiger partial charge on any atom is -0.481 e. The van der Waals surface area contributed by atoms with Crippen molar-refractivity contribution in [2.75, 3.05) is 68.8 Å². The number of nitrogens with one attached hydrogen (secondary N) is 1. The molecular weight excluding hydrogens is 681 g/mol. The number of benzene rings is 2. The fraction of sp³-hybridized carbons (Fsp3) is 0.500. The number of hydrogen-bond donors (Lipinski definition) is 1. The van der Waals surface area contributed by atoms with E-state index < -0.39 is 12.8 Å². The molecule has 0 atom stereocenters. The van der Waals surface area contributed by atoms with Gasteiger partial charge in [0, 0.05) is 67.6 Å². The summed E-state index contributed by atoms with van der Waals surface area (Å²) in [4.78, 5) is 31.4. The molecule has 4 saturated heterocycles. The second kappa shape index (κ2) is 12.2. The van der Waals surface area contributed by atoms with Gasteiger partial charge in [-0.1, -0.05) is 31.7 Å². The summed E-state index contributed by atoms with van der Waals surface area (Å²) in [5, 5.41) is 8.88. The monoisotopic (exact) mass is 726 g/mol. The molecule has 6 heterocycles. The van der Waals surface area contributed by atoms with Gasteiger partial charge in [-0.05, 0) is 86.4 Å². The summed E-state index contributed by atoms with van der Waals surface area (Å²) in [5.74, 6) is 1.51. The SMILES string of the molecule is C=CC(=O)N1CC2(CCN(c3nc(N4CC5(CC(=C)CN5CC)C4)nc4c(OCC(F)(F)F)c(-c5c(C)ccc6[nH]ncc56)c(C5CC5)cc34)CC2)C1. The van der Waals surface area contributed by atoms with Gasteiger partial charge in [-0.3, -0.25) is 14.8 Å². The van der Waals surface area contributed by atoms with Crippen molar-refractivity contribution in [3.05, 3.63) is 60.3 Å². The lowest BCUT2D eigenvalue weighted by atomic mass is 9.72. The Morgan fingerprint density at radius 2 is 1.83 bits per heavy atom. The van der Waals surface area contributed by atoms with Crippen LogP contribution < -0.4 is 14.5 Å². The Labute approximate surface area is 306 Å². The Hall–Kier alpha value is -4.65. The summed E-state index contributed by atoms with van der Waals surface area (Å²) in [5.41, 5.74) is 5.75. The van der Waals surface area contributed by atoms with Crippen molar-refractivity contribution in [2.45, 2.75) is 63.6 Å². The number of carbonyl (C=O) groups is 1. The number of halogens is 3. The zero-order chi connectivity index (χ0) is 36.9. The average Bonchev–Trinajstić information content (AvgIpc) is 3.74. The number of amides is 1. The Kier molecular flexibility index (Phi) is 7.85. The van der Waals surface area contributed by atoms with Crippen LogP contribution in [-0.4, -0.2) is 107 Å². The fourth-order valence-corrected chi connectivity index (χ4v) is 9.53. The average molecular weight is 727 g/mol. The van der Waals surface area contributed by atoms with Gasteiger partial charge >= 0.3 is 6.18 Å². The number of carbonyl (C=O) groups excluding carboxylic acids is 1. The van der Waals surface area contributed by atoms with Gasteiger partial charge in [0.25, 0.3) is 0 Å². The predicted octanol–water partition coefficient (Wildman–Crippen LogP) is 6.76. The number of aromatic amines is 1. The number of aryl methyl sites for hydroxylation is 1. The maximum Gasteiger partial charge on any atom is 0.422 e. The maximum absolute atomic E-state index is 14.1. The van der Waals surface area contributed by atoms with Gasteiger partial charge < -0.3 is 19.4 Å². The third kappa shape index (κ3) is 5.73. The van der Waals surface area contributed by atoms with Crippen LogP contribution in [0.15, 0.2) is 49.2 Å². The molecule has 5 fully saturated rings. The Balaban J connectivity index is 1.21. The molecule has 0 unspecified atom stereocenters. The van der Waals surface area contributed by atoms with Crippen molar-refractivity contribution >= 4 is 39.5 Å². The number of ether oxygens (including phenoxy) is 1. The van der Waals surface area contributed by atoms with E-state index in [0.29, 0.717) is 61.7 Å². The summed E-state index contributed by atoms with van der Waals surface area (Å²) in [6.07, 6.45) is 3.09. The van der Waals surface area contributed by atoms with Crippen LogP contribution in [0.1, 0.15) is 56.1 Å². The summed E-state index contributed by atoms with van der Waals surface area (Å²) in [6, 6.07) is 6.06. The highest BCUT2D eigenvalue weighted by Crippen LogP contribution is 2.54. The van der Waals surface area contributed by atoms with E-state index in [4.69, 9.17) is 14.7 Å². The van der Waals surface area contributed by atoms with Crippen LogP contribution in [0.5, 0.6) is 5.75 Å². The molecule has 53 heavy (non-hydrogen) atoms. The number of rotatable bonds is 8. The number of aromatic nitrogens is 4. The second-order valence-corrected chi connectivity index (χ2v) is 16.1. The molecule has 1 amide bonds. The van der Waals surface area contributed by atoms with Gasteiger partial charge in [-0.25, -0.2) is 4.98 Å². The van der Waals surface area contributed by atoms with E-state index in [1.54, 1.807) is 6.20 Å². The lowest BCUT2D eigenvalue weighted by molar-refractivity contribution is -0.153. The fourth-order valence-electron chi connectivity index (χ4n) is 9.53. The van der Waals surface area contributed by atoms with Crippen LogP contribution in [0.2, 0.25) is 0 Å². The van der Waals surface area contributed by atoms with E-state index in [2.05, 4.69) is 51.0 Å². The van der Waals surface area contributed by atoms with E-state index in [9.17, 15) is 18.0 Å². The molecule has 1 aliphatic carbocycles. The van der Waals surface area contributed by atoms with Crippen LogP contribution in [0.4, 0.5) is 24.9 Å². The van der Waals surface area contributed by atoms with Crippen LogP contribution in [0.3, 0.4) is 0 Å². The zero-order valence-electron chi connectivity index (χ0n) is 30.4. The minimum atomic E-state index is -4.56. The van der Waals surface area contributed by atoms with Crippen molar-refractivity contribution in [1.82, 2.24) is 30.0 Å².